The second kappa shape index (κ2) is 6.85. The SMILES string of the molecule is CC(C)C[C@@H](N)C(=O)Nc1cc(C(N)=O)cc(C(N)=O)c1. The van der Waals surface area contributed by atoms with Crippen molar-refractivity contribution in [2.75, 3.05) is 5.32 Å². The van der Waals surface area contributed by atoms with Crippen molar-refractivity contribution in [1.29, 1.82) is 0 Å². The van der Waals surface area contributed by atoms with Crippen LogP contribution in [0, 0.1) is 5.92 Å². The molecule has 3 amide bonds. The molecule has 0 aromatic heterocycles. The maximum absolute atomic E-state index is 11.9. The number of primary amides is 2. The largest absolute Gasteiger partial charge is 0.366 e. The minimum Gasteiger partial charge on any atom is -0.366 e. The van der Waals surface area contributed by atoms with Gasteiger partial charge >= 0.3 is 0 Å². The van der Waals surface area contributed by atoms with Crippen LogP contribution in [0.4, 0.5) is 5.69 Å². The Hall–Kier alpha value is -2.41. The molecule has 1 atom stereocenters. The number of rotatable bonds is 6. The van der Waals surface area contributed by atoms with Gasteiger partial charge in [0.15, 0.2) is 0 Å². The van der Waals surface area contributed by atoms with E-state index in [0.29, 0.717) is 6.42 Å². The van der Waals surface area contributed by atoms with Crippen LogP contribution in [0.25, 0.3) is 0 Å². The number of nitrogens with one attached hydrogen (secondary N) is 1. The van der Waals surface area contributed by atoms with Crippen molar-refractivity contribution in [2.24, 2.45) is 23.1 Å². The summed E-state index contributed by atoms with van der Waals surface area (Å²) in [6.45, 7) is 3.90. The lowest BCUT2D eigenvalue weighted by molar-refractivity contribution is -0.117. The van der Waals surface area contributed by atoms with Crippen LogP contribution >= 0.6 is 0 Å². The van der Waals surface area contributed by atoms with Gasteiger partial charge in [-0.2, -0.15) is 0 Å². The molecule has 0 aliphatic heterocycles. The smallest absolute Gasteiger partial charge is 0.248 e. The van der Waals surface area contributed by atoms with Crippen molar-refractivity contribution < 1.29 is 14.4 Å². The molecule has 0 heterocycles. The van der Waals surface area contributed by atoms with Crippen molar-refractivity contribution in [3.8, 4) is 0 Å². The summed E-state index contributed by atoms with van der Waals surface area (Å²) in [6.07, 6.45) is 0.518. The van der Waals surface area contributed by atoms with Gasteiger partial charge in [0.1, 0.15) is 0 Å². The predicted molar refractivity (Wildman–Crippen MR) is 79.5 cm³/mol. The maximum Gasteiger partial charge on any atom is 0.248 e. The summed E-state index contributed by atoms with van der Waals surface area (Å²) >= 11 is 0. The lowest BCUT2D eigenvalue weighted by Gasteiger charge is -2.15. The number of anilines is 1. The highest BCUT2D eigenvalue weighted by Crippen LogP contribution is 2.16. The lowest BCUT2D eigenvalue weighted by Crippen LogP contribution is -2.36. The van der Waals surface area contributed by atoms with Crippen LogP contribution in [0.2, 0.25) is 0 Å². The van der Waals surface area contributed by atoms with E-state index < -0.39 is 23.8 Å². The van der Waals surface area contributed by atoms with Gasteiger partial charge in [0.05, 0.1) is 6.04 Å². The minimum atomic E-state index is -0.722. The Balaban J connectivity index is 2.99. The Labute approximate surface area is 122 Å². The van der Waals surface area contributed by atoms with Crippen molar-refractivity contribution >= 4 is 23.4 Å². The van der Waals surface area contributed by atoms with Crippen LogP contribution in [0.5, 0.6) is 0 Å². The molecule has 0 saturated heterocycles. The van der Waals surface area contributed by atoms with Crippen LogP contribution in [0.1, 0.15) is 41.0 Å². The number of hydrogen-bond donors (Lipinski definition) is 4. The molecule has 0 aliphatic carbocycles. The molecular weight excluding hydrogens is 272 g/mol. The first-order valence-electron chi connectivity index (χ1n) is 6.51. The van der Waals surface area contributed by atoms with Gasteiger partial charge in [-0.3, -0.25) is 14.4 Å². The Morgan fingerprint density at radius 2 is 1.52 bits per heavy atom. The molecule has 7 N–H and O–H groups in total. The molecule has 1 aromatic rings. The first kappa shape index (κ1) is 16.6. The number of carbonyl (C=O) groups is 3. The topological polar surface area (TPSA) is 141 Å². The number of benzene rings is 1. The van der Waals surface area contributed by atoms with Crippen LogP contribution in [-0.2, 0) is 4.79 Å². The zero-order chi connectivity index (χ0) is 16.2. The number of hydrogen-bond acceptors (Lipinski definition) is 4. The van der Waals surface area contributed by atoms with Crippen LogP contribution in [0.15, 0.2) is 18.2 Å². The van der Waals surface area contributed by atoms with E-state index in [0.717, 1.165) is 0 Å². The predicted octanol–water partition coefficient (Wildman–Crippen LogP) is 0.196. The van der Waals surface area contributed by atoms with E-state index in [-0.39, 0.29) is 22.7 Å². The molecule has 0 unspecified atom stereocenters. The summed E-state index contributed by atoms with van der Waals surface area (Å²) in [5, 5.41) is 2.56. The number of amides is 3. The highest BCUT2D eigenvalue weighted by atomic mass is 16.2. The Morgan fingerprint density at radius 1 is 1.05 bits per heavy atom. The zero-order valence-electron chi connectivity index (χ0n) is 12.1. The molecule has 7 heteroatoms. The monoisotopic (exact) mass is 292 g/mol. The van der Waals surface area contributed by atoms with Gasteiger partial charge in [-0.25, -0.2) is 0 Å². The zero-order valence-corrected chi connectivity index (χ0v) is 12.1. The second-order valence-electron chi connectivity index (χ2n) is 5.25. The fourth-order valence-corrected chi connectivity index (χ4v) is 1.83. The minimum absolute atomic E-state index is 0.0824. The molecule has 0 fully saturated rings. The first-order valence-corrected chi connectivity index (χ1v) is 6.51. The van der Waals surface area contributed by atoms with Gasteiger partial charge in [-0.15, -0.1) is 0 Å². The third-order valence-corrected chi connectivity index (χ3v) is 2.83. The molecule has 1 rings (SSSR count). The molecule has 7 nitrogen and oxygen atoms in total. The van der Waals surface area contributed by atoms with Gasteiger partial charge in [0.25, 0.3) is 0 Å². The van der Waals surface area contributed by atoms with E-state index in [4.69, 9.17) is 17.2 Å². The van der Waals surface area contributed by atoms with Gasteiger partial charge in [-0.05, 0) is 30.5 Å². The van der Waals surface area contributed by atoms with Gasteiger partial charge in [-0.1, -0.05) is 13.8 Å². The Bertz CT molecular complexity index is 537. The molecule has 0 radical (unpaired) electrons. The van der Waals surface area contributed by atoms with E-state index in [2.05, 4.69) is 5.32 Å². The molecule has 0 spiro atoms. The quantitative estimate of drug-likeness (QED) is 0.594. The van der Waals surface area contributed by atoms with Gasteiger partial charge in [0, 0.05) is 16.8 Å². The van der Waals surface area contributed by atoms with Crippen molar-refractivity contribution in [1.82, 2.24) is 0 Å². The summed E-state index contributed by atoms with van der Waals surface area (Å²) in [5.74, 6) is -1.58. The third kappa shape index (κ3) is 4.88. The molecule has 1 aromatic carbocycles. The van der Waals surface area contributed by atoms with E-state index in [1.54, 1.807) is 0 Å². The average Bonchev–Trinajstić information content (AvgIpc) is 2.37. The average molecular weight is 292 g/mol. The normalized spacial score (nSPS) is 12.0. The fourth-order valence-electron chi connectivity index (χ4n) is 1.83. The first-order chi connectivity index (χ1) is 9.70. The maximum atomic E-state index is 11.9. The molecule has 0 aliphatic rings. The molecule has 114 valence electrons. The highest BCUT2D eigenvalue weighted by Gasteiger charge is 2.16. The Kier molecular flexibility index (Phi) is 5.43. The van der Waals surface area contributed by atoms with Gasteiger partial charge in [0.2, 0.25) is 17.7 Å². The standard InChI is InChI=1S/C14H20N4O3/c1-7(2)3-11(15)14(21)18-10-5-8(12(16)19)4-9(6-10)13(17)20/h4-7,11H,3,15H2,1-2H3,(H2,16,19)(H2,17,20)(H,18,21)/t11-/m1/s1. The molecular formula is C14H20N4O3. The van der Waals surface area contributed by atoms with Crippen LogP contribution < -0.4 is 22.5 Å². The summed E-state index contributed by atoms with van der Waals surface area (Å²) in [5.41, 5.74) is 16.5. The summed E-state index contributed by atoms with van der Waals surface area (Å²) in [4.78, 5) is 34.4. The summed E-state index contributed by atoms with van der Waals surface area (Å²) < 4.78 is 0. The fraction of sp³-hybridized carbons (Fsp3) is 0.357. The third-order valence-electron chi connectivity index (χ3n) is 2.83. The molecule has 21 heavy (non-hydrogen) atoms. The van der Waals surface area contributed by atoms with E-state index >= 15 is 0 Å². The summed E-state index contributed by atoms with van der Waals surface area (Å²) in [6, 6.07) is 3.33. The Morgan fingerprint density at radius 3 is 1.90 bits per heavy atom. The van der Waals surface area contributed by atoms with E-state index in [9.17, 15) is 14.4 Å². The van der Waals surface area contributed by atoms with Crippen molar-refractivity contribution in [3.05, 3.63) is 29.3 Å². The van der Waals surface area contributed by atoms with E-state index in [1.807, 2.05) is 13.8 Å². The van der Waals surface area contributed by atoms with E-state index in [1.165, 1.54) is 18.2 Å². The molecule has 0 bridgehead atoms. The second-order valence-corrected chi connectivity index (χ2v) is 5.25. The van der Waals surface area contributed by atoms with Crippen molar-refractivity contribution in [2.45, 2.75) is 26.3 Å². The van der Waals surface area contributed by atoms with Crippen molar-refractivity contribution in [3.63, 3.8) is 0 Å². The number of carbonyl (C=O) groups excluding carboxylic acids is 3. The van der Waals surface area contributed by atoms with Crippen LogP contribution in [0.3, 0.4) is 0 Å². The summed E-state index contributed by atoms with van der Waals surface area (Å²) in [7, 11) is 0. The van der Waals surface area contributed by atoms with Crippen LogP contribution in [-0.4, -0.2) is 23.8 Å². The number of nitrogens with two attached hydrogens (primary N) is 3. The lowest BCUT2D eigenvalue weighted by atomic mass is 10.0. The van der Waals surface area contributed by atoms with Gasteiger partial charge < -0.3 is 22.5 Å². The molecule has 0 saturated carbocycles. The highest BCUT2D eigenvalue weighted by molar-refractivity contribution is 6.02.